The minimum Gasteiger partial charge on any atom is -0.306 e. The van der Waals surface area contributed by atoms with Gasteiger partial charge in [0.05, 0.1) is 0 Å². The van der Waals surface area contributed by atoms with Crippen LogP contribution < -0.4 is 0 Å². The van der Waals surface area contributed by atoms with E-state index in [1.807, 2.05) is 0 Å². The molecule has 0 aromatic rings. The molecule has 0 aromatic carbocycles. The molecule has 2 unspecified atom stereocenters. The van der Waals surface area contributed by atoms with E-state index in [0.717, 1.165) is 44.1 Å². The lowest BCUT2D eigenvalue weighted by molar-refractivity contribution is -0.119. The predicted octanol–water partition coefficient (Wildman–Crippen LogP) is 2.95. The zero-order chi connectivity index (χ0) is 12.3. The Morgan fingerprint density at radius 3 is 2.59 bits per heavy atom. The van der Waals surface area contributed by atoms with Crippen molar-refractivity contribution < 1.29 is 4.79 Å². The van der Waals surface area contributed by atoms with Crippen molar-refractivity contribution in [2.45, 2.75) is 44.6 Å². The summed E-state index contributed by atoms with van der Waals surface area (Å²) in [6.45, 7) is 0. The zero-order valence-electron chi connectivity index (χ0n) is 11.0. The van der Waals surface area contributed by atoms with Crippen LogP contribution >= 0.6 is 0 Å². The summed E-state index contributed by atoms with van der Waals surface area (Å²) in [7, 11) is 4.24. The number of allylic oxidation sites excluding steroid dienone is 3. The van der Waals surface area contributed by atoms with Crippen molar-refractivity contribution in [2.24, 2.45) is 5.92 Å². The van der Waals surface area contributed by atoms with Gasteiger partial charge in [-0.25, -0.2) is 0 Å². The summed E-state index contributed by atoms with van der Waals surface area (Å²) in [4.78, 5) is 14.6. The van der Waals surface area contributed by atoms with E-state index >= 15 is 0 Å². The van der Waals surface area contributed by atoms with Crippen molar-refractivity contribution in [1.82, 2.24) is 4.90 Å². The van der Waals surface area contributed by atoms with Gasteiger partial charge in [0.1, 0.15) is 0 Å². The van der Waals surface area contributed by atoms with Gasteiger partial charge in [-0.3, -0.25) is 4.79 Å². The van der Waals surface area contributed by atoms with E-state index in [0.29, 0.717) is 11.8 Å². The number of nitrogens with zero attached hydrogens (tertiary/aromatic N) is 1. The largest absolute Gasteiger partial charge is 0.306 e. The van der Waals surface area contributed by atoms with Gasteiger partial charge < -0.3 is 4.90 Å². The first-order valence-electron chi connectivity index (χ1n) is 6.73. The number of carbonyl (C=O) groups excluding carboxylic acids is 1. The number of hydrogen-bond acceptors (Lipinski definition) is 2. The normalized spacial score (nSPS) is 29.2. The van der Waals surface area contributed by atoms with Crippen molar-refractivity contribution in [3.05, 3.63) is 23.8 Å². The summed E-state index contributed by atoms with van der Waals surface area (Å²) < 4.78 is 0. The highest BCUT2D eigenvalue weighted by Gasteiger charge is 2.25. The third kappa shape index (κ3) is 3.06. The molecule has 94 valence electrons. The molecule has 0 radical (unpaired) electrons. The molecule has 0 saturated heterocycles. The van der Waals surface area contributed by atoms with Gasteiger partial charge in [0.25, 0.3) is 0 Å². The van der Waals surface area contributed by atoms with Crippen LogP contribution in [0.3, 0.4) is 0 Å². The topological polar surface area (TPSA) is 20.3 Å². The van der Waals surface area contributed by atoms with Gasteiger partial charge in [-0.1, -0.05) is 18.2 Å². The third-order valence-corrected chi connectivity index (χ3v) is 4.07. The summed E-state index contributed by atoms with van der Waals surface area (Å²) in [6.07, 6.45) is 12.8. The summed E-state index contributed by atoms with van der Waals surface area (Å²) in [5, 5.41) is 0. The van der Waals surface area contributed by atoms with Crippen LogP contribution in [0.2, 0.25) is 0 Å². The van der Waals surface area contributed by atoms with Crippen molar-refractivity contribution >= 4 is 5.78 Å². The second-order valence-electron chi connectivity index (χ2n) is 5.47. The summed E-state index contributed by atoms with van der Waals surface area (Å²) in [6, 6.07) is 0.623. The molecule has 2 heteroatoms. The summed E-state index contributed by atoms with van der Waals surface area (Å²) >= 11 is 0. The molecule has 0 spiro atoms. The lowest BCUT2D eigenvalue weighted by Gasteiger charge is -2.28. The first-order valence-corrected chi connectivity index (χ1v) is 6.73. The number of carbonyl (C=O) groups is 1. The SMILES string of the molecule is CN(C)C1CC=C(C(=O)C2CC=CCC2)CC1. The van der Waals surface area contributed by atoms with Crippen molar-refractivity contribution in [3.8, 4) is 0 Å². The average molecular weight is 233 g/mol. The highest BCUT2D eigenvalue weighted by molar-refractivity contribution is 5.97. The van der Waals surface area contributed by atoms with E-state index in [2.05, 4.69) is 37.2 Å². The molecule has 0 heterocycles. The fraction of sp³-hybridized carbons (Fsp3) is 0.667. The van der Waals surface area contributed by atoms with Crippen molar-refractivity contribution in [1.29, 1.82) is 0 Å². The van der Waals surface area contributed by atoms with Gasteiger partial charge in [-0.2, -0.15) is 0 Å². The van der Waals surface area contributed by atoms with Crippen LogP contribution in [0, 0.1) is 5.92 Å². The van der Waals surface area contributed by atoms with Gasteiger partial charge in [0.2, 0.25) is 0 Å². The molecule has 17 heavy (non-hydrogen) atoms. The van der Waals surface area contributed by atoms with Crippen molar-refractivity contribution in [3.63, 3.8) is 0 Å². The van der Waals surface area contributed by atoms with Crippen LogP contribution in [0.15, 0.2) is 23.8 Å². The molecule has 2 nitrogen and oxygen atoms in total. The Bertz CT molecular complexity index is 341. The second-order valence-corrected chi connectivity index (χ2v) is 5.47. The number of Topliss-reactive ketones (excluding diaryl/α,β-unsaturated/α-hetero) is 1. The van der Waals surface area contributed by atoms with Crippen LogP contribution in [-0.2, 0) is 4.79 Å². The van der Waals surface area contributed by atoms with Crippen LogP contribution in [0.4, 0.5) is 0 Å². The molecule has 0 N–H and O–H groups in total. The van der Waals surface area contributed by atoms with E-state index in [9.17, 15) is 4.79 Å². The molecule has 2 atom stereocenters. The number of rotatable bonds is 3. The molecule has 0 bridgehead atoms. The lowest BCUT2D eigenvalue weighted by atomic mass is 9.83. The molecule has 0 amide bonds. The minimum atomic E-state index is 0.266. The van der Waals surface area contributed by atoms with Crippen LogP contribution in [0.5, 0.6) is 0 Å². The fourth-order valence-electron chi connectivity index (χ4n) is 2.81. The molecule has 0 fully saturated rings. The molecule has 2 rings (SSSR count). The highest BCUT2D eigenvalue weighted by Crippen LogP contribution is 2.28. The van der Waals surface area contributed by atoms with Gasteiger partial charge in [-0.05, 0) is 58.2 Å². The van der Waals surface area contributed by atoms with Crippen molar-refractivity contribution in [2.75, 3.05) is 14.1 Å². The van der Waals surface area contributed by atoms with Gasteiger partial charge in [0.15, 0.2) is 5.78 Å². The third-order valence-electron chi connectivity index (χ3n) is 4.07. The zero-order valence-corrected chi connectivity index (χ0v) is 11.0. The monoisotopic (exact) mass is 233 g/mol. The van der Waals surface area contributed by atoms with E-state index in [1.165, 1.54) is 0 Å². The quantitative estimate of drug-likeness (QED) is 0.699. The fourth-order valence-corrected chi connectivity index (χ4v) is 2.81. The van der Waals surface area contributed by atoms with Crippen LogP contribution in [-0.4, -0.2) is 30.8 Å². The molecule has 2 aliphatic carbocycles. The van der Waals surface area contributed by atoms with E-state index in [4.69, 9.17) is 0 Å². The minimum absolute atomic E-state index is 0.266. The smallest absolute Gasteiger partial charge is 0.161 e. The Morgan fingerprint density at radius 2 is 2.06 bits per heavy atom. The first kappa shape index (κ1) is 12.6. The molecule has 2 aliphatic rings. The maximum absolute atomic E-state index is 12.3. The molecule has 0 aromatic heterocycles. The Hall–Kier alpha value is -0.890. The summed E-state index contributed by atoms with van der Waals surface area (Å²) in [5.41, 5.74) is 1.10. The predicted molar refractivity (Wildman–Crippen MR) is 70.9 cm³/mol. The highest BCUT2D eigenvalue weighted by atomic mass is 16.1. The van der Waals surface area contributed by atoms with Crippen LogP contribution in [0.25, 0.3) is 0 Å². The molecule has 0 saturated carbocycles. The standard InChI is InChI=1S/C15H23NO/c1-16(2)14-10-8-13(9-11-14)15(17)12-6-4-3-5-7-12/h3-4,8,12,14H,5-7,9-11H2,1-2H3. The Balaban J connectivity index is 1.95. The lowest BCUT2D eigenvalue weighted by Crippen LogP contribution is -2.31. The van der Waals surface area contributed by atoms with Gasteiger partial charge in [-0.15, -0.1) is 0 Å². The van der Waals surface area contributed by atoms with Crippen LogP contribution in [0.1, 0.15) is 38.5 Å². The summed E-state index contributed by atoms with van der Waals surface area (Å²) in [5.74, 6) is 0.689. The van der Waals surface area contributed by atoms with Gasteiger partial charge in [0, 0.05) is 12.0 Å². The maximum Gasteiger partial charge on any atom is 0.161 e. The van der Waals surface area contributed by atoms with Gasteiger partial charge >= 0.3 is 0 Å². The number of ketones is 1. The maximum atomic E-state index is 12.3. The Morgan fingerprint density at radius 1 is 1.24 bits per heavy atom. The molecule has 0 aliphatic heterocycles. The van der Waals surface area contributed by atoms with E-state index in [1.54, 1.807) is 0 Å². The Kier molecular flexibility index (Phi) is 4.16. The molecular formula is C15H23NO. The van der Waals surface area contributed by atoms with E-state index < -0.39 is 0 Å². The second kappa shape index (κ2) is 5.63. The molecular weight excluding hydrogens is 210 g/mol. The van der Waals surface area contributed by atoms with E-state index in [-0.39, 0.29) is 5.92 Å². The number of hydrogen-bond donors (Lipinski definition) is 0. The Labute approximate surface area is 104 Å². The first-order chi connectivity index (χ1) is 8.18. The average Bonchev–Trinajstić information content (AvgIpc) is 2.39.